The monoisotopic (exact) mass is 317 g/mol. The van der Waals surface area contributed by atoms with Gasteiger partial charge in [0.25, 0.3) is 0 Å². The number of carbonyl (C=O) groups excluding carboxylic acids is 1. The second kappa shape index (κ2) is 6.44. The Kier molecular flexibility index (Phi) is 4.38. The molecular weight excluding hydrogens is 298 g/mol. The molecule has 1 N–H and O–H groups in total. The molecule has 0 radical (unpaired) electrons. The van der Waals surface area contributed by atoms with Crippen LogP contribution >= 0.6 is 11.8 Å². The van der Waals surface area contributed by atoms with Crippen molar-refractivity contribution < 1.29 is 9.53 Å². The fraction of sp³-hybridized carbons (Fsp3) is 0.375. The van der Waals surface area contributed by atoms with Crippen molar-refractivity contribution in [2.75, 3.05) is 18.4 Å². The molecule has 116 valence electrons. The molecule has 1 aromatic carbocycles. The van der Waals surface area contributed by atoms with Crippen molar-refractivity contribution in [2.45, 2.75) is 26.4 Å². The molecule has 0 saturated heterocycles. The lowest BCUT2D eigenvalue weighted by Crippen LogP contribution is -2.24. The van der Waals surface area contributed by atoms with Crippen molar-refractivity contribution in [3.63, 3.8) is 0 Å². The summed E-state index contributed by atoms with van der Waals surface area (Å²) in [4.78, 5) is 18.7. The van der Waals surface area contributed by atoms with E-state index in [1.54, 1.807) is 11.8 Å². The first-order chi connectivity index (χ1) is 10.6. The number of carbonyl (C=O) groups is 1. The summed E-state index contributed by atoms with van der Waals surface area (Å²) in [6, 6.07) is 7.45. The van der Waals surface area contributed by atoms with Gasteiger partial charge in [-0.05, 0) is 43.5 Å². The Hall–Kier alpha value is -1.95. The molecule has 0 spiro atoms. The number of hydrogen-bond donors (Lipinski definition) is 1. The molecule has 22 heavy (non-hydrogen) atoms. The molecule has 1 aromatic rings. The zero-order valence-electron chi connectivity index (χ0n) is 12.7. The standard InChI is InChI=1S/C16H19N3O2S/c1-11(2)21-14-5-3-12(4-6-14)18-15(20)9-13-10-22-16-17-7-8-19(13)16/h3-6,10-11H,7-9H2,1-2H3,(H,18,20). The van der Waals surface area contributed by atoms with E-state index in [4.69, 9.17) is 4.74 Å². The minimum atomic E-state index is -0.0162. The summed E-state index contributed by atoms with van der Waals surface area (Å²) in [7, 11) is 0. The Balaban J connectivity index is 1.55. The second-order valence-corrected chi connectivity index (χ2v) is 6.30. The Labute approximate surface area is 134 Å². The Morgan fingerprint density at radius 2 is 2.18 bits per heavy atom. The zero-order valence-corrected chi connectivity index (χ0v) is 13.5. The summed E-state index contributed by atoms with van der Waals surface area (Å²) >= 11 is 1.59. The number of rotatable bonds is 5. The molecule has 2 aliphatic heterocycles. The van der Waals surface area contributed by atoms with E-state index in [1.165, 1.54) is 0 Å². The largest absolute Gasteiger partial charge is 0.491 e. The van der Waals surface area contributed by atoms with Crippen LogP contribution in [0.5, 0.6) is 5.75 Å². The van der Waals surface area contributed by atoms with E-state index in [1.807, 2.05) is 43.5 Å². The molecule has 0 saturated carbocycles. The van der Waals surface area contributed by atoms with Crippen LogP contribution in [0.2, 0.25) is 0 Å². The first-order valence-electron chi connectivity index (χ1n) is 7.36. The third-order valence-corrected chi connectivity index (χ3v) is 4.25. The van der Waals surface area contributed by atoms with Gasteiger partial charge in [0.15, 0.2) is 5.17 Å². The Morgan fingerprint density at radius 1 is 1.41 bits per heavy atom. The minimum absolute atomic E-state index is 0.0162. The summed E-state index contributed by atoms with van der Waals surface area (Å²) in [5.74, 6) is 0.790. The summed E-state index contributed by atoms with van der Waals surface area (Å²) in [6.07, 6.45) is 0.513. The number of aliphatic imine (C=N–C) groups is 1. The summed E-state index contributed by atoms with van der Waals surface area (Å²) in [5, 5.41) is 5.94. The second-order valence-electron chi connectivity index (χ2n) is 5.46. The molecule has 0 aromatic heterocycles. The van der Waals surface area contributed by atoms with Gasteiger partial charge >= 0.3 is 0 Å². The van der Waals surface area contributed by atoms with E-state index in [2.05, 4.69) is 15.2 Å². The van der Waals surface area contributed by atoms with Crippen LogP contribution in [0.15, 0.2) is 40.4 Å². The molecule has 0 bridgehead atoms. The lowest BCUT2D eigenvalue weighted by molar-refractivity contribution is -0.115. The van der Waals surface area contributed by atoms with E-state index in [9.17, 15) is 4.79 Å². The van der Waals surface area contributed by atoms with Gasteiger partial charge in [-0.25, -0.2) is 0 Å². The molecule has 0 aliphatic carbocycles. The SMILES string of the molecule is CC(C)Oc1ccc(NC(=O)CC2=CSC3=NCCN23)cc1. The highest BCUT2D eigenvalue weighted by atomic mass is 32.2. The lowest BCUT2D eigenvalue weighted by Gasteiger charge is -2.16. The summed E-state index contributed by atoms with van der Waals surface area (Å²) in [5.41, 5.74) is 1.81. The molecular formula is C16H19N3O2S. The molecule has 0 unspecified atom stereocenters. The molecule has 0 fully saturated rings. The van der Waals surface area contributed by atoms with Gasteiger partial charge in [-0.3, -0.25) is 9.79 Å². The molecule has 5 nitrogen and oxygen atoms in total. The van der Waals surface area contributed by atoms with E-state index in [0.717, 1.165) is 35.4 Å². The van der Waals surface area contributed by atoms with E-state index >= 15 is 0 Å². The third-order valence-electron chi connectivity index (χ3n) is 3.30. The number of amidine groups is 1. The number of fused-ring (bicyclic) bond motifs is 1. The van der Waals surface area contributed by atoms with Gasteiger partial charge in [0.2, 0.25) is 5.91 Å². The molecule has 2 heterocycles. The number of anilines is 1. The molecule has 1 amide bonds. The summed E-state index contributed by atoms with van der Waals surface area (Å²) in [6.45, 7) is 5.67. The van der Waals surface area contributed by atoms with Crippen LogP contribution in [-0.4, -0.2) is 35.2 Å². The number of ether oxygens (including phenoxy) is 1. The Morgan fingerprint density at radius 3 is 2.91 bits per heavy atom. The highest BCUT2D eigenvalue weighted by Gasteiger charge is 2.27. The van der Waals surface area contributed by atoms with Crippen molar-refractivity contribution >= 4 is 28.5 Å². The normalized spacial score (nSPS) is 16.4. The number of benzene rings is 1. The topological polar surface area (TPSA) is 53.9 Å². The van der Waals surface area contributed by atoms with Crippen LogP contribution in [-0.2, 0) is 4.79 Å². The molecule has 6 heteroatoms. The molecule has 2 aliphatic rings. The van der Waals surface area contributed by atoms with Crippen molar-refractivity contribution in [3.8, 4) is 5.75 Å². The lowest BCUT2D eigenvalue weighted by atomic mass is 10.2. The number of thioether (sulfide) groups is 1. The average Bonchev–Trinajstić information content (AvgIpc) is 3.05. The van der Waals surface area contributed by atoms with Crippen LogP contribution in [0, 0.1) is 0 Å². The fourth-order valence-corrected chi connectivity index (χ4v) is 3.33. The minimum Gasteiger partial charge on any atom is -0.491 e. The maximum atomic E-state index is 12.2. The predicted octanol–water partition coefficient (Wildman–Crippen LogP) is 3.06. The van der Waals surface area contributed by atoms with Gasteiger partial charge in [0.05, 0.1) is 19.1 Å². The van der Waals surface area contributed by atoms with Crippen molar-refractivity contribution in [2.24, 2.45) is 4.99 Å². The van der Waals surface area contributed by atoms with Crippen molar-refractivity contribution in [1.82, 2.24) is 4.90 Å². The highest BCUT2D eigenvalue weighted by molar-refractivity contribution is 8.16. The number of hydrogen-bond acceptors (Lipinski definition) is 5. The smallest absolute Gasteiger partial charge is 0.230 e. The van der Waals surface area contributed by atoms with Gasteiger partial charge < -0.3 is 15.0 Å². The van der Waals surface area contributed by atoms with Crippen LogP contribution in [0.1, 0.15) is 20.3 Å². The van der Waals surface area contributed by atoms with Crippen LogP contribution in [0.3, 0.4) is 0 Å². The zero-order chi connectivity index (χ0) is 15.5. The first-order valence-corrected chi connectivity index (χ1v) is 8.24. The first kappa shape index (κ1) is 15.0. The predicted molar refractivity (Wildman–Crippen MR) is 90.1 cm³/mol. The van der Waals surface area contributed by atoms with Gasteiger partial charge in [-0.1, -0.05) is 11.8 Å². The van der Waals surface area contributed by atoms with Crippen LogP contribution < -0.4 is 10.1 Å². The van der Waals surface area contributed by atoms with Gasteiger partial charge in [0.1, 0.15) is 5.75 Å². The van der Waals surface area contributed by atoms with Gasteiger partial charge in [0, 0.05) is 17.9 Å². The summed E-state index contributed by atoms with van der Waals surface area (Å²) < 4.78 is 5.58. The fourth-order valence-electron chi connectivity index (χ4n) is 2.37. The molecule has 0 atom stereocenters. The van der Waals surface area contributed by atoms with Gasteiger partial charge in [-0.15, -0.1) is 0 Å². The van der Waals surface area contributed by atoms with Crippen LogP contribution in [0.25, 0.3) is 0 Å². The number of nitrogens with zero attached hydrogens (tertiary/aromatic N) is 2. The maximum absolute atomic E-state index is 12.2. The highest BCUT2D eigenvalue weighted by Crippen LogP contribution is 2.31. The van der Waals surface area contributed by atoms with Crippen molar-refractivity contribution in [1.29, 1.82) is 0 Å². The number of amides is 1. The average molecular weight is 317 g/mol. The third kappa shape index (κ3) is 3.44. The Bertz CT molecular complexity index is 623. The van der Waals surface area contributed by atoms with E-state index < -0.39 is 0 Å². The van der Waals surface area contributed by atoms with Crippen molar-refractivity contribution in [3.05, 3.63) is 35.4 Å². The maximum Gasteiger partial charge on any atom is 0.230 e. The van der Waals surface area contributed by atoms with Crippen LogP contribution in [0.4, 0.5) is 5.69 Å². The molecule has 3 rings (SSSR count). The quantitative estimate of drug-likeness (QED) is 0.907. The van der Waals surface area contributed by atoms with E-state index in [0.29, 0.717) is 6.42 Å². The number of nitrogens with one attached hydrogen (secondary N) is 1. The van der Waals surface area contributed by atoms with E-state index in [-0.39, 0.29) is 12.0 Å². The van der Waals surface area contributed by atoms with Gasteiger partial charge in [-0.2, -0.15) is 0 Å².